The number of hydrogen-bond donors (Lipinski definition) is 2. The van der Waals surface area contributed by atoms with Crippen molar-refractivity contribution in [1.82, 2.24) is 9.88 Å². The van der Waals surface area contributed by atoms with Crippen LogP contribution in [0.4, 0.5) is 0 Å². The van der Waals surface area contributed by atoms with Crippen molar-refractivity contribution in [1.29, 1.82) is 0 Å². The molecule has 1 amide bonds. The van der Waals surface area contributed by atoms with Crippen LogP contribution in [0.2, 0.25) is 0 Å². The number of amides is 1. The molecule has 0 aliphatic rings. The molecule has 2 aromatic heterocycles. The van der Waals surface area contributed by atoms with Crippen LogP contribution in [0.25, 0.3) is 10.9 Å². The smallest absolute Gasteiger partial charge is 0.225 e. The molecule has 2 heterocycles. The number of carbonyl (C=O) groups is 1. The molecule has 5 heteroatoms. The molecule has 1 aromatic carbocycles. The minimum absolute atomic E-state index is 0.0468. The van der Waals surface area contributed by atoms with Gasteiger partial charge in [-0.25, -0.2) is 0 Å². The molecule has 22 heavy (non-hydrogen) atoms. The molecule has 3 aromatic rings. The Labute approximate surface area is 133 Å². The molecule has 0 unspecified atom stereocenters. The van der Waals surface area contributed by atoms with Gasteiger partial charge in [-0.1, -0.05) is 6.07 Å². The van der Waals surface area contributed by atoms with E-state index in [1.54, 1.807) is 23.5 Å². The summed E-state index contributed by atoms with van der Waals surface area (Å²) in [6, 6.07) is 9.30. The third-order valence-corrected chi connectivity index (χ3v) is 4.56. The minimum Gasteiger partial charge on any atom is -0.508 e. The van der Waals surface area contributed by atoms with Crippen LogP contribution in [-0.2, 0) is 24.7 Å². The fraction of sp³-hybridized carbons (Fsp3) is 0.235. The predicted molar refractivity (Wildman–Crippen MR) is 89.3 cm³/mol. The second-order valence-electron chi connectivity index (χ2n) is 5.32. The highest BCUT2D eigenvalue weighted by Gasteiger charge is 2.08. The molecule has 0 fully saturated rings. The van der Waals surface area contributed by atoms with E-state index in [9.17, 15) is 9.90 Å². The van der Waals surface area contributed by atoms with Gasteiger partial charge in [-0.3, -0.25) is 4.79 Å². The average molecular weight is 314 g/mol. The van der Waals surface area contributed by atoms with E-state index in [2.05, 4.69) is 11.5 Å². The molecule has 0 spiro atoms. The van der Waals surface area contributed by atoms with E-state index < -0.39 is 0 Å². The number of aromatic nitrogens is 1. The van der Waals surface area contributed by atoms with Gasteiger partial charge in [0.15, 0.2) is 0 Å². The zero-order chi connectivity index (χ0) is 15.5. The number of nitrogens with zero attached hydrogens (tertiary/aromatic N) is 1. The quantitative estimate of drug-likeness (QED) is 0.761. The summed E-state index contributed by atoms with van der Waals surface area (Å²) in [7, 11) is 1.98. The highest BCUT2D eigenvalue weighted by molar-refractivity contribution is 7.10. The molecule has 0 atom stereocenters. The van der Waals surface area contributed by atoms with Crippen LogP contribution in [0.3, 0.4) is 0 Å². The third-order valence-electron chi connectivity index (χ3n) is 3.69. The molecule has 0 aliphatic heterocycles. The van der Waals surface area contributed by atoms with Gasteiger partial charge in [-0.05, 0) is 41.6 Å². The van der Waals surface area contributed by atoms with Crippen LogP contribution in [-0.4, -0.2) is 22.1 Å². The minimum atomic E-state index is 0.0468. The van der Waals surface area contributed by atoms with Crippen LogP contribution in [0, 0.1) is 0 Å². The summed E-state index contributed by atoms with van der Waals surface area (Å²) in [5, 5.41) is 15.6. The maximum Gasteiger partial charge on any atom is 0.225 e. The maximum absolute atomic E-state index is 11.9. The van der Waals surface area contributed by atoms with Gasteiger partial charge in [0.25, 0.3) is 0 Å². The molecule has 2 N–H and O–H groups in total. The van der Waals surface area contributed by atoms with Crippen molar-refractivity contribution in [2.45, 2.75) is 12.8 Å². The number of phenols is 1. The van der Waals surface area contributed by atoms with Gasteiger partial charge in [-0.15, -0.1) is 11.3 Å². The Morgan fingerprint density at radius 2 is 2.23 bits per heavy atom. The third kappa shape index (κ3) is 3.14. The van der Waals surface area contributed by atoms with E-state index in [0.29, 0.717) is 13.0 Å². The molecular formula is C17H18N2O2S. The standard InChI is InChI=1S/C17H18N2O2S/c1-19-11-12(15-9-13(20)4-5-16(15)19)6-7-18-17(21)10-14-3-2-8-22-14/h2-5,8-9,11,20H,6-7,10H2,1H3,(H,18,21). The molecule has 0 aliphatic carbocycles. The molecule has 114 valence electrons. The highest BCUT2D eigenvalue weighted by atomic mass is 32.1. The van der Waals surface area contributed by atoms with Gasteiger partial charge in [0.2, 0.25) is 5.91 Å². The number of hydrogen-bond acceptors (Lipinski definition) is 3. The first-order chi connectivity index (χ1) is 10.6. The number of fused-ring (bicyclic) bond motifs is 1. The van der Waals surface area contributed by atoms with Crippen LogP contribution in [0.1, 0.15) is 10.4 Å². The highest BCUT2D eigenvalue weighted by Crippen LogP contribution is 2.25. The number of aromatic hydroxyl groups is 1. The molecule has 0 saturated heterocycles. The normalized spacial score (nSPS) is 11.0. The lowest BCUT2D eigenvalue weighted by atomic mass is 10.1. The van der Waals surface area contributed by atoms with Crippen molar-refractivity contribution in [2.24, 2.45) is 7.05 Å². The predicted octanol–water partition coefficient (Wildman–Crippen LogP) is 2.85. The van der Waals surface area contributed by atoms with Gasteiger partial charge in [0.05, 0.1) is 6.42 Å². The van der Waals surface area contributed by atoms with Crippen molar-refractivity contribution >= 4 is 28.1 Å². The first kappa shape index (κ1) is 14.7. The summed E-state index contributed by atoms with van der Waals surface area (Å²) in [6.07, 6.45) is 3.24. The molecule has 4 nitrogen and oxygen atoms in total. The Bertz CT molecular complexity index is 790. The second kappa shape index (κ2) is 6.23. The van der Waals surface area contributed by atoms with Crippen LogP contribution in [0.15, 0.2) is 41.9 Å². The van der Waals surface area contributed by atoms with E-state index in [1.807, 2.05) is 35.2 Å². The SMILES string of the molecule is Cn1cc(CCNC(=O)Cc2cccs2)c2cc(O)ccc21. The Morgan fingerprint density at radius 1 is 1.36 bits per heavy atom. The number of benzene rings is 1. The Kier molecular flexibility index (Phi) is 4.15. The van der Waals surface area contributed by atoms with E-state index in [-0.39, 0.29) is 11.7 Å². The molecule has 0 saturated carbocycles. The van der Waals surface area contributed by atoms with E-state index >= 15 is 0 Å². The Balaban J connectivity index is 1.62. The summed E-state index contributed by atoms with van der Waals surface area (Å²) in [5.74, 6) is 0.312. The van der Waals surface area contributed by atoms with E-state index in [1.165, 1.54) is 0 Å². The van der Waals surface area contributed by atoms with Crippen LogP contribution >= 0.6 is 11.3 Å². The van der Waals surface area contributed by atoms with Crippen molar-refractivity contribution in [3.05, 3.63) is 52.3 Å². The van der Waals surface area contributed by atoms with Crippen LogP contribution in [0.5, 0.6) is 5.75 Å². The monoisotopic (exact) mass is 314 g/mol. The summed E-state index contributed by atoms with van der Waals surface area (Å²) in [5.41, 5.74) is 2.21. The largest absolute Gasteiger partial charge is 0.508 e. The average Bonchev–Trinajstić information content (AvgIpc) is 3.08. The van der Waals surface area contributed by atoms with Crippen molar-refractivity contribution in [2.75, 3.05) is 6.54 Å². The van der Waals surface area contributed by atoms with Gasteiger partial charge >= 0.3 is 0 Å². The summed E-state index contributed by atoms with van der Waals surface area (Å²) >= 11 is 1.60. The van der Waals surface area contributed by atoms with Crippen molar-refractivity contribution < 1.29 is 9.90 Å². The number of nitrogens with one attached hydrogen (secondary N) is 1. The zero-order valence-electron chi connectivity index (χ0n) is 12.4. The van der Waals surface area contributed by atoms with Gasteiger partial charge in [0.1, 0.15) is 5.75 Å². The summed E-state index contributed by atoms with van der Waals surface area (Å²) in [4.78, 5) is 13.0. The number of aryl methyl sites for hydroxylation is 1. The zero-order valence-corrected chi connectivity index (χ0v) is 13.2. The topological polar surface area (TPSA) is 54.3 Å². The lowest BCUT2D eigenvalue weighted by molar-refractivity contribution is -0.120. The molecular weight excluding hydrogens is 296 g/mol. The Hall–Kier alpha value is -2.27. The molecule has 0 bridgehead atoms. The summed E-state index contributed by atoms with van der Waals surface area (Å²) in [6.45, 7) is 0.596. The lowest BCUT2D eigenvalue weighted by Crippen LogP contribution is -2.26. The Morgan fingerprint density at radius 3 is 3.00 bits per heavy atom. The summed E-state index contributed by atoms with van der Waals surface area (Å²) < 4.78 is 2.04. The number of rotatable bonds is 5. The number of carbonyl (C=O) groups excluding carboxylic acids is 1. The first-order valence-corrected chi connectivity index (χ1v) is 8.07. The van der Waals surface area contributed by atoms with Gasteiger partial charge in [0, 0.05) is 35.6 Å². The van der Waals surface area contributed by atoms with Gasteiger partial charge in [-0.2, -0.15) is 0 Å². The van der Waals surface area contributed by atoms with E-state index in [0.717, 1.165) is 27.8 Å². The number of thiophene rings is 1. The molecule has 0 radical (unpaired) electrons. The fourth-order valence-electron chi connectivity index (χ4n) is 2.63. The lowest BCUT2D eigenvalue weighted by Gasteiger charge is -2.04. The number of phenolic OH excluding ortho intramolecular Hbond substituents is 1. The van der Waals surface area contributed by atoms with Crippen molar-refractivity contribution in [3.8, 4) is 5.75 Å². The maximum atomic E-state index is 11.9. The molecule has 3 rings (SSSR count). The van der Waals surface area contributed by atoms with E-state index in [4.69, 9.17) is 0 Å². The van der Waals surface area contributed by atoms with Crippen LogP contribution < -0.4 is 5.32 Å². The fourth-order valence-corrected chi connectivity index (χ4v) is 3.33. The first-order valence-electron chi connectivity index (χ1n) is 7.19. The van der Waals surface area contributed by atoms with Crippen molar-refractivity contribution in [3.63, 3.8) is 0 Å². The van der Waals surface area contributed by atoms with Gasteiger partial charge < -0.3 is 15.0 Å². The second-order valence-corrected chi connectivity index (χ2v) is 6.36.